The van der Waals surface area contributed by atoms with Gasteiger partial charge in [0.15, 0.2) is 0 Å². The summed E-state index contributed by atoms with van der Waals surface area (Å²) >= 11 is 0. The number of aromatic nitrogens is 1. The van der Waals surface area contributed by atoms with Gasteiger partial charge in [-0.05, 0) is 52.2 Å². The Kier molecular flexibility index (Phi) is 3.88. The van der Waals surface area contributed by atoms with Crippen molar-refractivity contribution >= 4 is 11.9 Å². The van der Waals surface area contributed by atoms with Crippen molar-refractivity contribution in [3.05, 3.63) is 24.0 Å². The van der Waals surface area contributed by atoms with Gasteiger partial charge in [0.1, 0.15) is 12.2 Å². The predicted octanol–water partition coefficient (Wildman–Crippen LogP) is 2.54. The molecular formula is C15H22N2O3. The van der Waals surface area contributed by atoms with Gasteiger partial charge in [0, 0.05) is 17.8 Å². The number of amides is 1. The summed E-state index contributed by atoms with van der Waals surface area (Å²) in [5.41, 5.74) is 0.0651. The topological polar surface area (TPSA) is 62.5 Å². The highest BCUT2D eigenvalue weighted by molar-refractivity contribution is 5.95. The fourth-order valence-electron chi connectivity index (χ4n) is 2.45. The van der Waals surface area contributed by atoms with Crippen LogP contribution in [0.25, 0.3) is 0 Å². The summed E-state index contributed by atoms with van der Waals surface area (Å²) in [7, 11) is 0. The van der Waals surface area contributed by atoms with Crippen LogP contribution in [-0.2, 0) is 4.79 Å². The Bertz CT molecular complexity index is 509. The lowest BCUT2D eigenvalue weighted by Crippen LogP contribution is -2.49. The molecule has 0 aliphatic heterocycles. The van der Waals surface area contributed by atoms with Crippen LogP contribution >= 0.6 is 0 Å². The number of carboxylic acid groups (broad SMARTS) is 1. The van der Waals surface area contributed by atoms with Crippen molar-refractivity contribution in [3.63, 3.8) is 0 Å². The van der Waals surface area contributed by atoms with Crippen LogP contribution in [0.3, 0.4) is 0 Å². The van der Waals surface area contributed by atoms with Crippen LogP contribution in [0.1, 0.15) is 56.6 Å². The highest BCUT2D eigenvalue weighted by Gasteiger charge is 2.32. The average Bonchev–Trinajstić information content (AvgIpc) is 2.69. The van der Waals surface area contributed by atoms with Gasteiger partial charge < -0.3 is 14.6 Å². The number of hydrogen-bond donors (Lipinski definition) is 1. The van der Waals surface area contributed by atoms with Gasteiger partial charge >= 0.3 is 5.97 Å². The minimum atomic E-state index is -0.991. The van der Waals surface area contributed by atoms with Gasteiger partial charge in [0.2, 0.25) is 0 Å². The largest absolute Gasteiger partial charge is 0.480 e. The molecule has 0 unspecified atom stereocenters. The molecule has 1 fully saturated rings. The summed E-state index contributed by atoms with van der Waals surface area (Å²) < 4.78 is 1.99. The number of carboxylic acids is 1. The van der Waals surface area contributed by atoms with Crippen molar-refractivity contribution in [2.24, 2.45) is 0 Å². The molecule has 0 atom stereocenters. The van der Waals surface area contributed by atoms with Crippen LogP contribution in [0.5, 0.6) is 0 Å². The molecule has 5 heteroatoms. The molecular weight excluding hydrogens is 256 g/mol. The third kappa shape index (κ3) is 2.86. The number of rotatable bonds is 4. The molecule has 5 nitrogen and oxygen atoms in total. The van der Waals surface area contributed by atoms with Gasteiger partial charge in [-0.1, -0.05) is 0 Å². The molecule has 1 aliphatic rings. The highest BCUT2D eigenvalue weighted by atomic mass is 16.4. The summed E-state index contributed by atoms with van der Waals surface area (Å²) in [6, 6.07) is 4.02. The SMILES string of the molecule is CC(C)(C)N(CC(=O)O)C(=O)c1cccn1C1CCC1. The molecule has 0 aromatic carbocycles. The minimum Gasteiger partial charge on any atom is -0.480 e. The van der Waals surface area contributed by atoms with E-state index in [1.807, 2.05) is 37.6 Å². The second kappa shape index (κ2) is 5.31. The van der Waals surface area contributed by atoms with E-state index in [1.165, 1.54) is 11.3 Å². The van der Waals surface area contributed by atoms with Crippen LogP contribution in [-0.4, -0.2) is 38.5 Å². The molecule has 1 saturated carbocycles. The molecule has 20 heavy (non-hydrogen) atoms. The number of nitrogens with zero attached hydrogens (tertiary/aromatic N) is 2. The molecule has 1 aromatic heterocycles. The Labute approximate surface area is 119 Å². The number of hydrogen-bond acceptors (Lipinski definition) is 2. The van der Waals surface area contributed by atoms with Gasteiger partial charge in [-0.3, -0.25) is 9.59 Å². The molecule has 0 bridgehead atoms. The third-order valence-electron chi connectivity index (χ3n) is 3.81. The normalized spacial score (nSPS) is 15.8. The van der Waals surface area contributed by atoms with E-state index in [-0.39, 0.29) is 12.5 Å². The second-order valence-electron chi connectivity index (χ2n) is 6.34. The Morgan fingerprint density at radius 1 is 1.40 bits per heavy atom. The van der Waals surface area contributed by atoms with Gasteiger partial charge in [0.05, 0.1) is 0 Å². The Hall–Kier alpha value is -1.78. The first-order chi connectivity index (χ1) is 9.30. The zero-order chi connectivity index (χ0) is 14.9. The molecule has 0 radical (unpaired) electrons. The first-order valence-electron chi connectivity index (χ1n) is 7.01. The van der Waals surface area contributed by atoms with Crippen LogP contribution in [0.15, 0.2) is 18.3 Å². The fraction of sp³-hybridized carbons (Fsp3) is 0.600. The van der Waals surface area contributed by atoms with Crippen molar-refractivity contribution in [3.8, 4) is 0 Å². The minimum absolute atomic E-state index is 0.211. The van der Waals surface area contributed by atoms with Gasteiger partial charge in [-0.2, -0.15) is 0 Å². The lowest BCUT2D eigenvalue weighted by molar-refractivity contribution is -0.138. The average molecular weight is 278 g/mol. The first kappa shape index (κ1) is 14.6. The molecule has 1 aromatic rings. The second-order valence-corrected chi connectivity index (χ2v) is 6.34. The van der Waals surface area contributed by atoms with Crippen LogP contribution in [0, 0.1) is 0 Å². The number of carbonyl (C=O) groups is 2. The lowest BCUT2D eigenvalue weighted by atomic mass is 9.92. The number of aliphatic carboxylic acids is 1. The summed E-state index contributed by atoms with van der Waals surface area (Å²) in [5.74, 6) is -1.20. The maximum atomic E-state index is 12.7. The molecule has 0 spiro atoms. The Balaban J connectivity index is 2.27. The molecule has 2 rings (SSSR count). The van der Waals surface area contributed by atoms with E-state index in [1.54, 1.807) is 6.07 Å². The molecule has 0 saturated heterocycles. The molecule has 110 valence electrons. The smallest absolute Gasteiger partial charge is 0.323 e. The quantitative estimate of drug-likeness (QED) is 0.920. The van der Waals surface area contributed by atoms with E-state index in [0.717, 1.165) is 12.8 Å². The number of carbonyl (C=O) groups excluding carboxylic acids is 1. The van der Waals surface area contributed by atoms with E-state index < -0.39 is 11.5 Å². The van der Waals surface area contributed by atoms with E-state index in [2.05, 4.69) is 0 Å². The highest BCUT2D eigenvalue weighted by Crippen LogP contribution is 2.33. The fourth-order valence-corrected chi connectivity index (χ4v) is 2.45. The zero-order valence-corrected chi connectivity index (χ0v) is 12.3. The first-order valence-corrected chi connectivity index (χ1v) is 7.01. The Morgan fingerprint density at radius 2 is 2.05 bits per heavy atom. The van der Waals surface area contributed by atoms with Crippen LogP contribution in [0.2, 0.25) is 0 Å². The monoisotopic (exact) mass is 278 g/mol. The summed E-state index contributed by atoms with van der Waals surface area (Å²) in [4.78, 5) is 25.1. The van der Waals surface area contributed by atoms with E-state index in [4.69, 9.17) is 5.11 Å². The molecule has 1 heterocycles. The predicted molar refractivity (Wildman–Crippen MR) is 75.7 cm³/mol. The van der Waals surface area contributed by atoms with Crippen molar-refractivity contribution in [1.82, 2.24) is 9.47 Å². The maximum Gasteiger partial charge on any atom is 0.323 e. The van der Waals surface area contributed by atoms with Gasteiger partial charge in [-0.15, -0.1) is 0 Å². The summed E-state index contributed by atoms with van der Waals surface area (Å²) in [6.07, 6.45) is 5.28. The standard InChI is InChI=1S/C15H22N2O3/c1-15(2,3)17(10-13(18)19)14(20)12-8-5-9-16(12)11-6-4-7-11/h5,8-9,11H,4,6-7,10H2,1-3H3,(H,18,19). The molecule has 1 aliphatic carbocycles. The third-order valence-corrected chi connectivity index (χ3v) is 3.81. The van der Waals surface area contributed by atoms with Crippen LogP contribution < -0.4 is 0 Å². The van der Waals surface area contributed by atoms with Crippen molar-refractivity contribution < 1.29 is 14.7 Å². The van der Waals surface area contributed by atoms with E-state index >= 15 is 0 Å². The summed E-state index contributed by atoms with van der Waals surface area (Å²) in [5, 5.41) is 9.03. The Morgan fingerprint density at radius 3 is 2.50 bits per heavy atom. The molecule has 1 amide bonds. The van der Waals surface area contributed by atoms with E-state index in [9.17, 15) is 9.59 Å². The van der Waals surface area contributed by atoms with Gasteiger partial charge in [0.25, 0.3) is 5.91 Å². The van der Waals surface area contributed by atoms with Gasteiger partial charge in [-0.25, -0.2) is 0 Å². The lowest BCUT2D eigenvalue weighted by Gasteiger charge is -2.36. The van der Waals surface area contributed by atoms with Crippen molar-refractivity contribution in [1.29, 1.82) is 0 Å². The van der Waals surface area contributed by atoms with Crippen molar-refractivity contribution in [2.75, 3.05) is 6.54 Å². The van der Waals surface area contributed by atoms with Crippen LogP contribution in [0.4, 0.5) is 0 Å². The maximum absolute atomic E-state index is 12.7. The zero-order valence-electron chi connectivity index (χ0n) is 12.3. The van der Waals surface area contributed by atoms with E-state index in [0.29, 0.717) is 11.7 Å². The molecule has 1 N–H and O–H groups in total. The summed E-state index contributed by atoms with van der Waals surface area (Å²) in [6.45, 7) is 5.28. The van der Waals surface area contributed by atoms with Crippen molar-refractivity contribution in [2.45, 2.75) is 51.6 Å².